The van der Waals surface area contributed by atoms with E-state index in [0.29, 0.717) is 18.7 Å². The van der Waals surface area contributed by atoms with Gasteiger partial charge in [-0.15, -0.1) is 0 Å². The Morgan fingerprint density at radius 3 is 2.70 bits per heavy atom. The number of carbonyl (C=O) groups is 1. The third-order valence-electron chi connectivity index (χ3n) is 3.64. The van der Waals surface area contributed by atoms with Gasteiger partial charge in [-0.25, -0.2) is 0 Å². The van der Waals surface area contributed by atoms with Gasteiger partial charge in [-0.3, -0.25) is 9.48 Å². The van der Waals surface area contributed by atoms with Crippen LogP contribution in [0.1, 0.15) is 40.7 Å². The number of hydrogen-bond donors (Lipinski definition) is 2. The molecule has 1 aromatic heterocycles. The first-order valence-corrected chi connectivity index (χ1v) is 8.19. The number of nitrogens with one attached hydrogen (secondary N) is 2. The maximum absolute atomic E-state index is 12.2. The van der Waals surface area contributed by atoms with Gasteiger partial charge in [0.25, 0.3) is 5.91 Å². The van der Waals surface area contributed by atoms with Crippen molar-refractivity contribution in [2.45, 2.75) is 33.7 Å². The molecule has 23 heavy (non-hydrogen) atoms. The summed E-state index contributed by atoms with van der Waals surface area (Å²) in [5, 5.41) is 10.7. The molecule has 0 atom stereocenters. The van der Waals surface area contributed by atoms with Gasteiger partial charge in [-0.05, 0) is 50.6 Å². The standard InChI is InChI=1S/C18H26N4O/c1-4-8-19-9-10-20-18(23)17-7-5-6-16(12-17)13-22-15(3)11-14(2)21-22/h5-7,11-12,19H,4,8-10,13H2,1-3H3,(H,20,23). The number of carbonyl (C=O) groups excluding carboxylic acids is 1. The van der Waals surface area contributed by atoms with E-state index in [9.17, 15) is 4.79 Å². The fourth-order valence-electron chi connectivity index (χ4n) is 2.49. The molecule has 1 heterocycles. The van der Waals surface area contributed by atoms with Crippen LogP contribution in [0.25, 0.3) is 0 Å². The van der Waals surface area contributed by atoms with Crippen LogP contribution in [0.2, 0.25) is 0 Å². The minimum absolute atomic E-state index is 0.0292. The Kier molecular flexibility index (Phi) is 6.35. The van der Waals surface area contributed by atoms with Gasteiger partial charge in [0.05, 0.1) is 12.2 Å². The molecule has 0 saturated carbocycles. The number of aromatic nitrogens is 2. The Bertz CT molecular complexity index is 648. The smallest absolute Gasteiger partial charge is 0.251 e. The van der Waals surface area contributed by atoms with Gasteiger partial charge in [-0.1, -0.05) is 19.1 Å². The van der Waals surface area contributed by atoms with E-state index in [4.69, 9.17) is 0 Å². The summed E-state index contributed by atoms with van der Waals surface area (Å²) in [6.07, 6.45) is 1.10. The molecular formula is C18H26N4O. The summed E-state index contributed by atoms with van der Waals surface area (Å²) in [4.78, 5) is 12.2. The maximum Gasteiger partial charge on any atom is 0.251 e. The minimum atomic E-state index is -0.0292. The van der Waals surface area contributed by atoms with E-state index in [1.807, 2.05) is 42.8 Å². The van der Waals surface area contributed by atoms with Crippen molar-refractivity contribution < 1.29 is 4.79 Å². The Balaban J connectivity index is 1.93. The third kappa shape index (κ3) is 5.21. The van der Waals surface area contributed by atoms with Gasteiger partial charge in [0.1, 0.15) is 0 Å². The van der Waals surface area contributed by atoms with E-state index in [-0.39, 0.29) is 5.91 Å². The van der Waals surface area contributed by atoms with Crippen molar-refractivity contribution in [3.63, 3.8) is 0 Å². The zero-order valence-corrected chi connectivity index (χ0v) is 14.2. The van der Waals surface area contributed by atoms with Crippen LogP contribution in [-0.4, -0.2) is 35.3 Å². The van der Waals surface area contributed by atoms with Gasteiger partial charge >= 0.3 is 0 Å². The molecule has 1 aromatic carbocycles. The minimum Gasteiger partial charge on any atom is -0.351 e. The number of nitrogens with zero attached hydrogens (tertiary/aromatic N) is 2. The van der Waals surface area contributed by atoms with Crippen LogP contribution in [0.4, 0.5) is 0 Å². The van der Waals surface area contributed by atoms with E-state index in [1.54, 1.807) is 0 Å². The van der Waals surface area contributed by atoms with Crippen LogP contribution < -0.4 is 10.6 Å². The molecule has 5 heteroatoms. The van der Waals surface area contributed by atoms with Crippen molar-refractivity contribution in [2.75, 3.05) is 19.6 Å². The molecule has 1 amide bonds. The fourth-order valence-corrected chi connectivity index (χ4v) is 2.49. The van der Waals surface area contributed by atoms with Crippen molar-refractivity contribution in [1.29, 1.82) is 0 Å². The summed E-state index contributed by atoms with van der Waals surface area (Å²) in [5.74, 6) is -0.0292. The second kappa shape index (κ2) is 8.48. The lowest BCUT2D eigenvalue weighted by Crippen LogP contribution is -2.32. The van der Waals surface area contributed by atoms with E-state index in [1.165, 1.54) is 0 Å². The molecular weight excluding hydrogens is 288 g/mol. The van der Waals surface area contributed by atoms with Crippen molar-refractivity contribution in [1.82, 2.24) is 20.4 Å². The number of rotatable bonds is 8. The lowest BCUT2D eigenvalue weighted by molar-refractivity contribution is 0.0954. The molecule has 5 nitrogen and oxygen atoms in total. The molecule has 2 N–H and O–H groups in total. The maximum atomic E-state index is 12.2. The summed E-state index contributed by atoms with van der Waals surface area (Å²) in [6.45, 7) is 9.25. The van der Waals surface area contributed by atoms with Gasteiger partial charge in [0.15, 0.2) is 0 Å². The quantitative estimate of drug-likeness (QED) is 0.735. The number of amides is 1. The molecule has 0 fully saturated rings. The summed E-state index contributed by atoms with van der Waals surface area (Å²) >= 11 is 0. The number of hydrogen-bond acceptors (Lipinski definition) is 3. The van der Waals surface area contributed by atoms with E-state index in [2.05, 4.69) is 28.7 Å². The van der Waals surface area contributed by atoms with Gasteiger partial charge in [-0.2, -0.15) is 5.10 Å². The average molecular weight is 314 g/mol. The normalized spacial score (nSPS) is 10.7. The highest BCUT2D eigenvalue weighted by Crippen LogP contribution is 2.10. The van der Waals surface area contributed by atoms with Crippen LogP contribution >= 0.6 is 0 Å². The third-order valence-corrected chi connectivity index (χ3v) is 3.64. The second-order valence-electron chi connectivity index (χ2n) is 5.79. The van der Waals surface area contributed by atoms with Gasteiger partial charge in [0, 0.05) is 24.3 Å². The first-order chi connectivity index (χ1) is 11.1. The first kappa shape index (κ1) is 17.2. The highest BCUT2D eigenvalue weighted by Gasteiger charge is 2.07. The molecule has 0 aliphatic rings. The number of benzene rings is 1. The molecule has 2 aromatic rings. The van der Waals surface area contributed by atoms with E-state index < -0.39 is 0 Å². The predicted molar refractivity (Wildman–Crippen MR) is 92.7 cm³/mol. The van der Waals surface area contributed by atoms with Crippen molar-refractivity contribution >= 4 is 5.91 Å². The summed E-state index contributed by atoms with van der Waals surface area (Å²) in [6, 6.07) is 9.78. The highest BCUT2D eigenvalue weighted by molar-refractivity contribution is 5.94. The second-order valence-corrected chi connectivity index (χ2v) is 5.79. The molecule has 0 unspecified atom stereocenters. The lowest BCUT2D eigenvalue weighted by Gasteiger charge is -2.09. The van der Waals surface area contributed by atoms with E-state index in [0.717, 1.165) is 36.5 Å². The topological polar surface area (TPSA) is 58.9 Å². The zero-order chi connectivity index (χ0) is 16.7. The first-order valence-electron chi connectivity index (χ1n) is 8.19. The van der Waals surface area contributed by atoms with Gasteiger partial charge < -0.3 is 10.6 Å². The Morgan fingerprint density at radius 2 is 2.00 bits per heavy atom. The monoisotopic (exact) mass is 314 g/mol. The molecule has 124 valence electrons. The molecule has 0 spiro atoms. The number of aryl methyl sites for hydroxylation is 2. The SMILES string of the molecule is CCCNCCNC(=O)c1cccc(Cn2nc(C)cc2C)c1. The fraction of sp³-hybridized carbons (Fsp3) is 0.444. The predicted octanol–water partition coefficient (Wildman–Crippen LogP) is 2.28. The largest absolute Gasteiger partial charge is 0.351 e. The van der Waals surface area contributed by atoms with Crippen molar-refractivity contribution in [3.8, 4) is 0 Å². The molecule has 2 rings (SSSR count). The van der Waals surface area contributed by atoms with Crippen LogP contribution in [0.5, 0.6) is 0 Å². The summed E-state index contributed by atoms with van der Waals surface area (Å²) < 4.78 is 1.96. The zero-order valence-electron chi connectivity index (χ0n) is 14.2. The van der Waals surface area contributed by atoms with Crippen LogP contribution in [0, 0.1) is 13.8 Å². The lowest BCUT2D eigenvalue weighted by atomic mass is 10.1. The van der Waals surface area contributed by atoms with Crippen LogP contribution in [0.3, 0.4) is 0 Å². The Labute approximate surface area is 138 Å². The molecule has 0 aliphatic heterocycles. The molecule has 0 saturated heterocycles. The molecule has 0 aliphatic carbocycles. The van der Waals surface area contributed by atoms with Crippen molar-refractivity contribution in [2.24, 2.45) is 0 Å². The van der Waals surface area contributed by atoms with Crippen molar-refractivity contribution in [3.05, 3.63) is 52.8 Å². The molecule has 0 bridgehead atoms. The summed E-state index contributed by atoms with van der Waals surface area (Å²) in [5.41, 5.74) is 3.91. The highest BCUT2D eigenvalue weighted by atomic mass is 16.1. The van der Waals surface area contributed by atoms with Gasteiger partial charge in [0.2, 0.25) is 0 Å². The van der Waals surface area contributed by atoms with Crippen LogP contribution in [0.15, 0.2) is 30.3 Å². The molecule has 0 radical (unpaired) electrons. The average Bonchev–Trinajstić information content (AvgIpc) is 2.85. The van der Waals surface area contributed by atoms with E-state index >= 15 is 0 Å². The Morgan fingerprint density at radius 1 is 1.17 bits per heavy atom. The van der Waals surface area contributed by atoms with Crippen LogP contribution in [-0.2, 0) is 6.54 Å². The Hall–Kier alpha value is -2.14. The summed E-state index contributed by atoms with van der Waals surface area (Å²) in [7, 11) is 0.